The first-order valence-electron chi connectivity index (χ1n) is 7.79. The molecule has 3 rings (SSSR count). The number of aryl methyl sites for hydroxylation is 2. The molecule has 0 aliphatic rings. The van der Waals surface area contributed by atoms with Gasteiger partial charge in [0.2, 0.25) is 10.0 Å². The number of primary sulfonamides is 1. The van der Waals surface area contributed by atoms with Gasteiger partial charge in [0.25, 0.3) is 5.91 Å². The van der Waals surface area contributed by atoms with Gasteiger partial charge in [0, 0.05) is 11.4 Å². The van der Waals surface area contributed by atoms with Gasteiger partial charge in [-0.2, -0.15) is 5.10 Å². The molecule has 3 N–H and O–H groups in total. The highest BCUT2D eigenvalue weighted by atomic mass is 35.5. The predicted molar refractivity (Wildman–Crippen MR) is 102 cm³/mol. The zero-order valence-electron chi connectivity index (χ0n) is 14.5. The molecular weight excluding hydrogens is 390 g/mol. The number of carbonyl (C=O) groups is 1. The molecule has 3 aromatic rings. The van der Waals surface area contributed by atoms with Gasteiger partial charge < -0.3 is 5.32 Å². The molecule has 0 fully saturated rings. The SMILES string of the molecule is Cc1cc(C)n(-c2ccc(Cl)c(C(=O)Nc3cccc(S(N)(=O)=O)c3)n2)n1. The molecule has 140 valence electrons. The van der Waals surface area contributed by atoms with Crippen molar-refractivity contribution in [2.45, 2.75) is 18.7 Å². The highest BCUT2D eigenvalue weighted by Gasteiger charge is 2.16. The van der Waals surface area contributed by atoms with E-state index in [0.29, 0.717) is 5.82 Å². The number of anilines is 1. The summed E-state index contributed by atoms with van der Waals surface area (Å²) in [6.07, 6.45) is 0. The number of amides is 1. The van der Waals surface area contributed by atoms with E-state index in [-0.39, 0.29) is 21.3 Å². The van der Waals surface area contributed by atoms with E-state index in [1.165, 1.54) is 24.3 Å². The third-order valence-electron chi connectivity index (χ3n) is 3.69. The molecular formula is C17H16ClN5O3S. The number of hydrogen-bond acceptors (Lipinski definition) is 5. The number of nitrogens with two attached hydrogens (primary N) is 1. The summed E-state index contributed by atoms with van der Waals surface area (Å²) in [5.74, 6) is -0.150. The van der Waals surface area contributed by atoms with E-state index in [1.54, 1.807) is 16.8 Å². The molecule has 27 heavy (non-hydrogen) atoms. The van der Waals surface area contributed by atoms with Gasteiger partial charge in [0.05, 0.1) is 15.6 Å². The second-order valence-electron chi connectivity index (χ2n) is 5.87. The Morgan fingerprint density at radius 2 is 1.93 bits per heavy atom. The molecule has 0 unspecified atom stereocenters. The maximum Gasteiger partial charge on any atom is 0.275 e. The lowest BCUT2D eigenvalue weighted by atomic mass is 10.3. The molecule has 0 aliphatic carbocycles. The van der Waals surface area contributed by atoms with Crippen LogP contribution in [-0.2, 0) is 10.0 Å². The van der Waals surface area contributed by atoms with Crippen LogP contribution in [0.3, 0.4) is 0 Å². The third-order valence-corrected chi connectivity index (χ3v) is 4.91. The minimum Gasteiger partial charge on any atom is -0.321 e. The van der Waals surface area contributed by atoms with Crippen LogP contribution in [-0.4, -0.2) is 29.1 Å². The number of carbonyl (C=O) groups excluding carboxylic acids is 1. The maximum absolute atomic E-state index is 12.6. The average molecular weight is 406 g/mol. The molecule has 0 spiro atoms. The molecule has 0 saturated carbocycles. The number of nitrogens with zero attached hydrogens (tertiary/aromatic N) is 3. The van der Waals surface area contributed by atoms with E-state index in [1.807, 2.05) is 19.9 Å². The third kappa shape index (κ3) is 4.16. The number of hydrogen-bond donors (Lipinski definition) is 2. The van der Waals surface area contributed by atoms with Crippen molar-refractivity contribution in [1.82, 2.24) is 14.8 Å². The van der Waals surface area contributed by atoms with Crippen LogP contribution in [0.2, 0.25) is 5.02 Å². The summed E-state index contributed by atoms with van der Waals surface area (Å²) in [4.78, 5) is 16.8. The molecule has 8 nitrogen and oxygen atoms in total. The zero-order valence-corrected chi connectivity index (χ0v) is 16.0. The quantitative estimate of drug-likeness (QED) is 0.690. The van der Waals surface area contributed by atoms with Crippen molar-refractivity contribution in [3.8, 4) is 5.82 Å². The molecule has 1 aromatic carbocycles. The van der Waals surface area contributed by atoms with Crippen molar-refractivity contribution >= 4 is 33.2 Å². The molecule has 10 heteroatoms. The lowest BCUT2D eigenvalue weighted by Crippen LogP contribution is -2.17. The topological polar surface area (TPSA) is 120 Å². The van der Waals surface area contributed by atoms with E-state index in [4.69, 9.17) is 16.7 Å². The number of benzene rings is 1. The summed E-state index contributed by atoms with van der Waals surface area (Å²) < 4.78 is 24.5. The van der Waals surface area contributed by atoms with Crippen molar-refractivity contribution in [2.24, 2.45) is 5.14 Å². The predicted octanol–water partition coefficient (Wildman–Crippen LogP) is 2.44. The minimum absolute atomic E-state index is 0.0114. The summed E-state index contributed by atoms with van der Waals surface area (Å²) in [6, 6.07) is 10.7. The van der Waals surface area contributed by atoms with Gasteiger partial charge in [0.15, 0.2) is 5.82 Å². The van der Waals surface area contributed by atoms with E-state index in [0.717, 1.165) is 11.4 Å². The van der Waals surface area contributed by atoms with Crippen LogP contribution in [0.5, 0.6) is 0 Å². The second-order valence-corrected chi connectivity index (χ2v) is 7.83. The standard InChI is InChI=1S/C17H16ClN5O3S/c1-10-8-11(2)23(22-10)15-7-6-14(18)16(21-15)17(24)20-12-4-3-5-13(9-12)27(19,25)26/h3-9H,1-2H3,(H,20,24)(H2,19,25,26). The Balaban J connectivity index is 1.93. The van der Waals surface area contributed by atoms with Crippen LogP contribution in [0, 0.1) is 13.8 Å². The van der Waals surface area contributed by atoms with Crippen LogP contribution in [0.4, 0.5) is 5.69 Å². The normalized spacial score (nSPS) is 11.4. The molecule has 2 heterocycles. The Labute approximate surface area is 161 Å². The number of pyridine rings is 1. The fourth-order valence-corrected chi connectivity index (χ4v) is 3.26. The first kappa shape index (κ1) is 19.0. The van der Waals surface area contributed by atoms with E-state index < -0.39 is 15.9 Å². The summed E-state index contributed by atoms with van der Waals surface area (Å²) in [6.45, 7) is 3.72. The summed E-state index contributed by atoms with van der Waals surface area (Å²) in [7, 11) is -3.88. The molecule has 0 bridgehead atoms. The van der Waals surface area contributed by atoms with Crippen LogP contribution < -0.4 is 10.5 Å². The first-order valence-corrected chi connectivity index (χ1v) is 9.72. The fraction of sp³-hybridized carbons (Fsp3) is 0.118. The minimum atomic E-state index is -3.88. The maximum atomic E-state index is 12.6. The fourth-order valence-electron chi connectivity index (χ4n) is 2.51. The van der Waals surface area contributed by atoms with Crippen molar-refractivity contribution in [3.05, 3.63) is 64.6 Å². The Bertz CT molecular complexity index is 1140. The van der Waals surface area contributed by atoms with Gasteiger partial charge in [-0.1, -0.05) is 17.7 Å². The number of sulfonamides is 1. The molecule has 1 amide bonds. The summed E-state index contributed by atoms with van der Waals surface area (Å²) in [5.41, 5.74) is 1.91. The molecule has 0 atom stereocenters. The smallest absolute Gasteiger partial charge is 0.275 e. The number of halogens is 1. The summed E-state index contributed by atoms with van der Waals surface area (Å²) >= 11 is 6.12. The van der Waals surface area contributed by atoms with Gasteiger partial charge in [-0.3, -0.25) is 4.79 Å². The van der Waals surface area contributed by atoms with Crippen molar-refractivity contribution < 1.29 is 13.2 Å². The molecule has 2 aromatic heterocycles. The lowest BCUT2D eigenvalue weighted by molar-refractivity contribution is 0.102. The van der Waals surface area contributed by atoms with Crippen molar-refractivity contribution in [2.75, 3.05) is 5.32 Å². The largest absolute Gasteiger partial charge is 0.321 e. The number of nitrogens with one attached hydrogen (secondary N) is 1. The second kappa shape index (κ2) is 7.10. The van der Waals surface area contributed by atoms with Crippen LogP contribution >= 0.6 is 11.6 Å². The Morgan fingerprint density at radius 3 is 2.56 bits per heavy atom. The number of aromatic nitrogens is 3. The van der Waals surface area contributed by atoms with Crippen LogP contribution in [0.1, 0.15) is 21.9 Å². The number of rotatable bonds is 4. The average Bonchev–Trinajstić information content (AvgIpc) is 2.93. The van der Waals surface area contributed by atoms with Gasteiger partial charge in [-0.15, -0.1) is 0 Å². The van der Waals surface area contributed by atoms with Gasteiger partial charge in [-0.25, -0.2) is 23.2 Å². The molecule has 0 saturated heterocycles. The van der Waals surface area contributed by atoms with Crippen molar-refractivity contribution in [1.29, 1.82) is 0 Å². The van der Waals surface area contributed by atoms with Crippen molar-refractivity contribution in [3.63, 3.8) is 0 Å². The van der Waals surface area contributed by atoms with Gasteiger partial charge in [0.1, 0.15) is 5.69 Å². The van der Waals surface area contributed by atoms with E-state index in [9.17, 15) is 13.2 Å². The monoisotopic (exact) mass is 405 g/mol. The van der Waals surface area contributed by atoms with Crippen LogP contribution in [0.15, 0.2) is 47.4 Å². The highest BCUT2D eigenvalue weighted by molar-refractivity contribution is 7.89. The highest BCUT2D eigenvalue weighted by Crippen LogP contribution is 2.20. The van der Waals surface area contributed by atoms with E-state index in [2.05, 4.69) is 15.4 Å². The molecule has 0 aliphatic heterocycles. The van der Waals surface area contributed by atoms with Gasteiger partial charge in [-0.05, 0) is 50.2 Å². The zero-order chi connectivity index (χ0) is 19.8. The Hall–Kier alpha value is -2.75. The Kier molecular flexibility index (Phi) is 5.01. The Morgan fingerprint density at radius 1 is 1.19 bits per heavy atom. The van der Waals surface area contributed by atoms with Crippen LogP contribution in [0.25, 0.3) is 5.82 Å². The van der Waals surface area contributed by atoms with Gasteiger partial charge >= 0.3 is 0 Å². The summed E-state index contributed by atoms with van der Waals surface area (Å²) in [5, 5.41) is 12.2. The molecule has 0 radical (unpaired) electrons. The van der Waals surface area contributed by atoms with E-state index >= 15 is 0 Å². The first-order chi connectivity index (χ1) is 12.6. The lowest BCUT2D eigenvalue weighted by Gasteiger charge is -2.10.